The summed E-state index contributed by atoms with van der Waals surface area (Å²) < 4.78 is 0.916. The van der Waals surface area contributed by atoms with E-state index in [1.807, 2.05) is 32.9 Å². The Balaban J connectivity index is 2.17. The maximum atomic E-state index is 12.5. The summed E-state index contributed by atoms with van der Waals surface area (Å²) in [6.07, 6.45) is 0. The van der Waals surface area contributed by atoms with E-state index in [4.69, 9.17) is 5.84 Å². The predicted octanol–water partition coefficient (Wildman–Crippen LogP) is 1.71. The fraction of sp³-hybridized carbons (Fsp3) is 0.375. The van der Waals surface area contributed by atoms with Crippen molar-refractivity contribution in [1.82, 2.24) is 14.9 Å². The van der Waals surface area contributed by atoms with Crippen molar-refractivity contribution in [3.8, 4) is 0 Å². The van der Waals surface area contributed by atoms with Gasteiger partial charge in [0.15, 0.2) is 0 Å². The number of rotatable bonds is 4. The Hall–Kier alpha value is -2.35. The standard InChI is InChI=1S/C16H21N5O2S/c1-8-6-9(2)13(10(3)7-8)18-14(22)12(5)24-16-20-19-11(4)15(23)21(16)17/h6-7,12H,17H2,1-5H3,(H,18,22)/t12-/m1/s1. The number of nitrogens with one attached hydrogen (secondary N) is 1. The summed E-state index contributed by atoms with van der Waals surface area (Å²) in [5, 5.41) is 10.3. The number of nitrogen functional groups attached to an aromatic ring is 1. The number of amides is 1. The molecule has 1 atom stereocenters. The Labute approximate surface area is 144 Å². The minimum absolute atomic E-state index is 0.190. The highest BCUT2D eigenvalue weighted by atomic mass is 32.2. The average Bonchev–Trinajstić information content (AvgIpc) is 2.51. The van der Waals surface area contributed by atoms with Crippen LogP contribution in [-0.2, 0) is 4.79 Å². The molecule has 0 spiro atoms. The van der Waals surface area contributed by atoms with Crippen LogP contribution in [0.15, 0.2) is 22.1 Å². The molecule has 0 unspecified atom stereocenters. The van der Waals surface area contributed by atoms with E-state index >= 15 is 0 Å². The monoisotopic (exact) mass is 347 g/mol. The van der Waals surface area contributed by atoms with Gasteiger partial charge in [0.2, 0.25) is 11.1 Å². The Morgan fingerprint density at radius 3 is 2.38 bits per heavy atom. The molecule has 2 aromatic rings. The van der Waals surface area contributed by atoms with Crippen LogP contribution in [0.4, 0.5) is 5.69 Å². The second-order valence-electron chi connectivity index (χ2n) is 5.77. The maximum absolute atomic E-state index is 12.5. The number of nitrogens with two attached hydrogens (primary N) is 1. The number of aryl methyl sites for hydroxylation is 4. The molecule has 0 saturated heterocycles. The largest absolute Gasteiger partial charge is 0.334 e. The predicted molar refractivity (Wildman–Crippen MR) is 95.8 cm³/mol. The van der Waals surface area contributed by atoms with Gasteiger partial charge in [-0.05, 0) is 45.7 Å². The lowest BCUT2D eigenvalue weighted by Gasteiger charge is -2.16. The zero-order chi connectivity index (χ0) is 18.0. The number of aromatic nitrogens is 3. The van der Waals surface area contributed by atoms with Crippen molar-refractivity contribution in [2.75, 3.05) is 11.2 Å². The first-order chi connectivity index (χ1) is 11.2. The van der Waals surface area contributed by atoms with Crippen molar-refractivity contribution in [3.05, 3.63) is 44.9 Å². The van der Waals surface area contributed by atoms with Gasteiger partial charge >= 0.3 is 0 Å². The first-order valence-corrected chi connectivity index (χ1v) is 8.35. The quantitative estimate of drug-likeness (QED) is 0.645. The summed E-state index contributed by atoms with van der Waals surface area (Å²) in [6, 6.07) is 4.03. The topological polar surface area (TPSA) is 103 Å². The van der Waals surface area contributed by atoms with E-state index in [2.05, 4.69) is 15.5 Å². The SMILES string of the molecule is Cc1cc(C)c(NC(=O)[C@@H](C)Sc2nnc(C)c(=O)n2N)c(C)c1. The number of nitrogens with zero attached hydrogens (tertiary/aromatic N) is 3. The van der Waals surface area contributed by atoms with Gasteiger partial charge in [0, 0.05) is 5.69 Å². The van der Waals surface area contributed by atoms with Crippen molar-refractivity contribution < 1.29 is 4.79 Å². The van der Waals surface area contributed by atoms with Gasteiger partial charge in [-0.1, -0.05) is 29.5 Å². The minimum atomic E-state index is -0.490. The minimum Gasteiger partial charge on any atom is -0.334 e. The van der Waals surface area contributed by atoms with E-state index in [0.29, 0.717) is 0 Å². The van der Waals surface area contributed by atoms with E-state index in [1.54, 1.807) is 6.92 Å². The van der Waals surface area contributed by atoms with Gasteiger partial charge in [-0.25, -0.2) is 0 Å². The van der Waals surface area contributed by atoms with Crippen molar-refractivity contribution in [2.45, 2.75) is 45.0 Å². The van der Waals surface area contributed by atoms with Gasteiger partial charge < -0.3 is 11.2 Å². The zero-order valence-corrected chi connectivity index (χ0v) is 15.2. The van der Waals surface area contributed by atoms with Crippen LogP contribution in [0, 0.1) is 27.7 Å². The zero-order valence-electron chi connectivity index (χ0n) is 14.4. The molecule has 128 valence electrons. The molecule has 0 radical (unpaired) electrons. The van der Waals surface area contributed by atoms with Crippen molar-refractivity contribution in [3.63, 3.8) is 0 Å². The number of hydrogen-bond donors (Lipinski definition) is 2. The second-order valence-corrected chi connectivity index (χ2v) is 7.07. The lowest BCUT2D eigenvalue weighted by molar-refractivity contribution is -0.115. The molecule has 0 aliphatic carbocycles. The summed E-state index contributed by atoms with van der Waals surface area (Å²) in [7, 11) is 0. The van der Waals surface area contributed by atoms with Crippen LogP contribution >= 0.6 is 11.8 Å². The van der Waals surface area contributed by atoms with Crippen LogP contribution < -0.4 is 16.7 Å². The summed E-state index contributed by atoms with van der Waals surface area (Å²) in [6.45, 7) is 9.19. The lowest BCUT2D eigenvalue weighted by atomic mass is 10.1. The summed E-state index contributed by atoms with van der Waals surface area (Å²) in [4.78, 5) is 24.2. The van der Waals surface area contributed by atoms with Gasteiger partial charge in [0.25, 0.3) is 5.56 Å². The molecule has 7 nitrogen and oxygen atoms in total. The molecule has 0 fully saturated rings. The number of benzene rings is 1. The molecule has 24 heavy (non-hydrogen) atoms. The summed E-state index contributed by atoms with van der Waals surface area (Å²) >= 11 is 1.09. The Morgan fingerprint density at radius 1 is 1.21 bits per heavy atom. The van der Waals surface area contributed by atoms with E-state index in [-0.39, 0.29) is 16.8 Å². The van der Waals surface area contributed by atoms with Gasteiger partial charge in [-0.15, -0.1) is 10.2 Å². The molecular formula is C16H21N5O2S. The fourth-order valence-electron chi connectivity index (χ4n) is 2.36. The summed E-state index contributed by atoms with van der Waals surface area (Å²) in [5.74, 6) is 5.51. The van der Waals surface area contributed by atoms with Crippen LogP contribution in [-0.4, -0.2) is 26.0 Å². The van der Waals surface area contributed by atoms with Crippen LogP contribution in [0.1, 0.15) is 29.3 Å². The molecule has 0 aliphatic rings. The maximum Gasteiger partial charge on any atom is 0.294 e. The van der Waals surface area contributed by atoms with Crippen LogP contribution in [0.2, 0.25) is 0 Å². The molecule has 0 saturated carbocycles. The van der Waals surface area contributed by atoms with Gasteiger partial charge in [0.05, 0.1) is 5.25 Å². The van der Waals surface area contributed by atoms with Gasteiger partial charge in [-0.2, -0.15) is 4.68 Å². The highest BCUT2D eigenvalue weighted by Gasteiger charge is 2.19. The number of anilines is 1. The molecule has 1 aromatic carbocycles. The molecule has 1 aromatic heterocycles. The number of hydrogen-bond acceptors (Lipinski definition) is 6. The Morgan fingerprint density at radius 2 is 1.79 bits per heavy atom. The third kappa shape index (κ3) is 3.76. The Bertz CT molecular complexity index is 824. The Kier molecular flexibility index (Phi) is 5.28. The van der Waals surface area contributed by atoms with E-state index < -0.39 is 10.8 Å². The van der Waals surface area contributed by atoms with Gasteiger partial charge in [0.1, 0.15) is 5.69 Å². The van der Waals surface area contributed by atoms with E-state index in [1.165, 1.54) is 6.92 Å². The fourth-order valence-corrected chi connectivity index (χ4v) is 3.13. The molecule has 0 aliphatic heterocycles. The lowest BCUT2D eigenvalue weighted by Crippen LogP contribution is -2.33. The number of thioether (sulfide) groups is 1. The molecule has 8 heteroatoms. The van der Waals surface area contributed by atoms with E-state index in [0.717, 1.165) is 38.8 Å². The van der Waals surface area contributed by atoms with Crippen LogP contribution in [0.5, 0.6) is 0 Å². The third-order valence-corrected chi connectivity index (χ3v) is 4.65. The molecule has 3 N–H and O–H groups in total. The first-order valence-electron chi connectivity index (χ1n) is 7.47. The highest BCUT2D eigenvalue weighted by molar-refractivity contribution is 8.00. The first kappa shape index (κ1) is 18.0. The average molecular weight is 347 g/mol. The third-order valence-electron chi connectivity index (χ3n) is 3.60. The van der Waals surface area contributed by atoms with Crippen LogP contribution in [0.3, 0.4) is 0 Å². The number of carbonyl (C=O) groups excluding carboxylic acids is 1. The molecule has 1 heterocycles. The van der Waals surface area contributed by atoms with Crippen molar-refractivity contribution in [1.29, 1.82) is 0 Å². The van der Waals surface area contributed by atoms with Gasteiger partial charge in [-0.3, -0.25) is 9.59 Å². The normalized spacial score (nSPS) is 12.0. The van der Waals surface area contributed by atoms with Crippen LogP contribution in [0.25, 0.3) is 0 Å². The second kappa shape index (κ2) is 7.04. The number of carbonyl (C=O) groups is 1. The molecule has 1 amide bonds. The van der Waals surface area contributed by atoms with Crippen molar-refractivity contribution >= 4 is 23.4 Å². The van der Waals surface area contributed by atoms with E-state index in [9.17, 15) is 9.59 Å². The molecule has 0 bridgehead atoms. The smallest absolute Gasteiger partial charge is 0.294 e. The summed E-state index contributed by atoms with van der Waals surface area (Å²) in [5.41, 5.74) is 3.74. The molecule has 2 rings (SSSR count). The highest BCUT2D eigenvalue weighted by Crippen LogP contribution is 2.24. The molecular weight excluding hydrogens is 326 g/mol. The van der Waals surface area contributed by atoms with Crippen molar-refractivity contribution in [2.24, 2.45) is 0 Å².